The molecular weight excluding hydrogens is 284 g/mol. The summed E-state index contributed by atoms with van der Waals surface area (Å²) in [6, 6.07) is 10.0. The van der Waals surface area contributed by atoms with Gasteiger partial charge in [0.15, 0.2) is 0 Å². The number of fused-ring (bicyclic) bond motifs is 1. The molecule has 0 atom stereocenters. The highest BCUT2D eigenvalue weighted by Gasteiger charge is 2.22. The Morgan fingerprint density at radius 2 is 1.76 bits per heavy atom. The number of thiophene rings is 1. The fourth-order valence-corrected chi connectivity index (χ4v) is 3.71. The van der Waals surface area contributed by atoms with Crippen molar-refractivity contribution >= 4 is 33.2 Å². The maximum atomic E-state index is 12.6. The zero-order valence-electron chi connectivity index (χ0n) is 12.0. The summed E-state index contributed by atoms with van der Waals surface area (Å²) in [5.41, 5.74) is 0. The summed E-state index contributed by atoms with van der Waals surface area (Å²) in [6.07, 6.45) is 0.843. The number of carbonyl (C=O) groups is 2. The lowest BCUT2D eigenvalue weighted by molar-refractivity contribution is -0.128. The molecule has 0 aliphatic carbocycles. The minimum absolute atomic E-state index is 0.0848. The molecule has 5 heteroatoms. The first-order valence-electron chi connectivity index (χ1n) is 7.18. The normalized spacial score (nSPS) is 16.0. The molecule has 1 aliphatic rings. The lowest BCUT2D eigenvalue weighted by atomic mass is 10.2. The summed E-state index contributed by atoms with van der Waals surface area (Å²) in [7, 11) is 0. The number of rotatable bonds is 1. The van der Waals surface area contributed by atoms with Gasteiger partial charge < -0.3 is 9.80 Å². The van der Waals surface area contributed by atoms with Gasteiger partial charge in [0.1, 0.15) is 0 Å². The number of hydrogen-bond donors (Lipinski definition) is 0. The Labute approximate surface area is 128 Å². The first kappa shape index (κ1) is 14.1. The van der Waals surface area contributed by atoms with E-state index in [9.17, 15) is 9.59 Å². The summed E-state index contributed by atoms with van der Waals surface area (Å²) in [5.74, 6) is 0.174. The molecule has 110 valence electrons. The summed E-state index contributed by atoms with van der Waals surface area (Å²) >= 11 is 1.54. The highest BCUT2D eigenvalue weighted by molar-refractivity contribution is 7.20. The second kappa shape index (κ2) is 5.85. The molecular formula is C16H18N2O2S. The summed E-state index contributed by atoms with van der Waals surface area (Å²) < 4.78 is 1.14. The average Bonchev–Trinajstić information content (AvgIpc) is 2.75. The summed E-state index contributed by atoms with van der Waals surface area (Å²) in [6.45, 7) is 4.30. The van der Waals surface area contributed by atoms with Crippen molar-refractivity contribution < 1.29 is 9.59 Å². The van der Waals surface area contributed by atoms with E-state index in [2.05, 4.69) is 0 Å². The van der Waals surface area contributed by atoms with E-state index < -0.39 is 0 Å². The van der Waals surface area contributed by atoms with Gasteiger partial charge >= 0.3 is 0 Å². The van der Waals surface area contributed by atoms with Crippen LogP contribution in [0.15, 0.2) is 30.3 Å². The van der Waals surface area contributed by atoms with E-state index in [0.717, 1.165) is 34.5 Å². The van der Waals surface area contributed by atoms with Gasteiger partial charge in [0, 0.05) is 37.8 Å². The molecule has 1 fully saturated rings. The third kappa shape index (κ3) is 2.93. The molecule has 0 radical (unpaired) electrons. The second-order valence-electron chi connectivity index (χ2n) is 5.30. The number of nitrogens with zero attached hydrogens (tertiary/aromatic N) is 2. The predicted molar refractivity (Wildman–Crippen MR) is 84.6 cm³/mol. The van der Waals surface area contributed by atoms with Gasteiger partial charge in [-0.15, -0.1) is 11.3 Å². The highest BCUT2D eigenvalue weighted by Crippen LogP contribution is 2.26. The minimum atomic E-state index is 0.0848. The van der Waals surface area contributed by atoms with Crippen LogP contribution in [-0.4, -0.2) is 47.8 Å². The van der Waals surface area contributed by atoms with Crippen LogP contribution in [0.3, 0.4) is 0 Å². The van der Waals surface area contributed by atoms with Crippen LogP contribution in [0.2, 0.25) is 0 Å². The van der Waals surface area contributed by atoms with Crippen molar-refractivity contribution in [1.29, 1.82) is 0 Å². The lowest BCUT2D eigenvalue weighted by Crippen LogP contribution is -2.36. The van der Waals surface area contributed by atoms with Crippen LogP contribution in [0.5, 0.6) is 0 Å². The Morgan fingerprint density at radius 1 is 1.05 bits per heavy atom. The lowest BCUT2D eigenvalue weighted by Gasteiger charge is -2.20. The molecule has 2 heterocycles. The van der Waals surface area contributed by atoms with Gasteiger partial charge in [-0.25, -0.2) is 0 Å². The van der Waals surface area contributed by atoms with Crippen molar-refractivity contribution in [2.45, 2.75) is 13.3 Å². The molecule has 1 saturated heterocycles. The molecule has 1 aliphatic heterocycles. The van der Waals surface area contributed by atoms with Crippen molar-refractivity contribution in [1.82, 2.24) is 9.80 Å². The Balaban J connectivity index is 1.77. The first-order chi connectivity index (χ1) is 10.1. The van der Waals surface area contributed by atoms with Crippen LogP contribution >= 0.6 is 11.3 Å². The number of amides is 2. The predicted octanol–water partition coefficient (Wildman–Crippen LogP) is 2.60. The molecule has 1 aromatic carbocycles. The quantitative estimate of drug-likeness (QED) is 0.812. The number of hydrogen-bond acceptors (Lipinski definition) is 3. The first-order valence-corrected chi connectivity index (χ1v) is 8.00. The largest absolute Gasteiger partial charge is 0.341 e. The maximum Gasteiger partial charge on any atom is 0.264 e. The SMILES string of the molecule is CC(=O)N1CCCN(C(=O)c2cc3ccccc3s2)CC1. The zero-order chi connectivity index (χ0) is 14.8. The van der Waals surface area contributed by atoms with E-state index in [1.807, 2.05) is 40.1 Å². The second-order valence-corrected chi connectivity index (χ2v) is 6.38. The van der Waals surface area contributed by atoms with Gasteiger partial charge in [-0.2, -0.15) is 0 Å². The molecule has 3 rings (SSSR count). The third-order valence-electron chi connectivity index (χ3n) is 3.86. The zero-order valence-corrected chi connectivity index (χ0v) is 12.9. The topological polar surface area (TPSA) is 40.6 Å². The van der Waals surface area contributed by atoms with E-state index in [-0.39, 0.29) is 11.8 Å². The molecule has 0 saturated carbocycles. The van der Waals surface area contributed by atoms with Crippen LogP contribution in [0.25, 0.3) is 10.1 Å². The van der Waals surface area contributed by atoms with E-state index in [1.165, 1.54) is 0 Å². The van der Waals surface area contributed by atoms with Crippen molar-refractivity contribution in [3.63, 3.8) is 0 Å². The molecule has 21 heavy (non-hydrogen) atoms. The van der Waals surface area contributed by atoms with Gasteiger partial charge in [-0.3, -0.25) is 9.59 Å². The summed E-state index contributed by atoms with van der Waals surface area (Å²) in [5, 5.41) is 1.12. The Morgan fingerprint density at radius 3 is 2.52 bits per heavy atom. The van der Waals surface area contributed by atoms with E-state index in [0.29, 0.717) is 13.1 Å². The maximum absolute atomic E-state index is 12.6. The fraction of sp³-hybridized carbons (Fsp3) is 0.375. The summed E-state index contributed by atoms with van der Waals surface area (Å²) in [4.78, 5) is 28.5. The Kier molecular flexibility index (Phi) is 3.92. The van der Waals surface area contributed by atoms with Crippen molar-refractivity contribution in [3.05, 3.63) is 35.2 Å². The number of benzene rings is 1. The standard InChI is InChI=1S/C16H18N2O2S/c1-12(19)17-7-4-8-18(10-9-17)16(20)15-11-13-5-2-3-6-14(13)21-15/h2-3,5-6,11H,4,7-10H2,1H3. The van der Waals surface area contributed by atoms with Gasteiger partial charge in [-0.05, 0) is 23.9 Å². The average molecular weight is 302 g/mol. The van der Waals surface area contributed by atoms with E-state index in [1.54, 1.807) is 18.3 Å². The minimum Gasteiger partial charge on any atom is -0.341 e. The highest BCUT2D eigenvalue weighted by atomic mass is 32.1. The van der Waals surface area contributed by atoms with Crippen LogP contribution in [0, 0.1) is 0 Å². The molecule has 0 unspecified atom stereocenters. The molecule has 0 N–H and O–H groups in total. The molecule has 2 aromatic rings. The van der Waals surface area contributed by atoms with Crippen LogP contribution in [-0.2, 0) is 4.79 Å². The fourth-order valence-electron chi connectivity index (χ4n) is 2.68. The van der Waals surface area contributed by atoms with E-state index >= 15 is 0 Å². The van der Waals surface area contributed by atoms with Crippen LogP contribution < -0.4 is 0 Å². The third-order valence-corrected chi connectivity index (χ3v) is 4.97. The Bertz CT molecular complexity index is 647. The van der Waals surface area contributed by atoms with Crippen LogP contribution in [0.4, 0.5) is 0 Å². The van der Waals surface area contributed by atoms with Crippen molar-refractivity contribution in [2.24, 2.45) is 0 Å². The van der Waals surface area contributed by atoms with Crippen molar-refractivity contribution in [3.8, 4) is 0 Å². The van der Waals surface area contributed by atoms with Gasteiger partial charge in [0.05, 0.1) is 4.88 Å². The van der Waals surface area contributed by atoms with Gasteiger partial charge in [0.25, 0.3) is 5.91 Å². The monoisotopic (exact) mass is 302 g/mol. The molecule has 4 nitrogen and oxygen atoms in total. The number of carbonyl (C=O) groups excluding carboxylic acids is 2. The van der Waals surface area contributed by atoms with Crippen LogP contribution in [0.1, 0.15) is 23.0 Å². The smallest absolute Gasteiger partial charge is 0.264 e. The van der Waals surface area contributed by atoms with E-state index in [4.69, 9.17) is 0 Å². The van der Waals surface area contributed by atoms with Gasteiger partial charge in [-0.1, -0.05) is 18.2 Å². The van der Waals surface area contributed by atoms with Crippen molar-refractivity contribution in [2.75, 3.05) is 26.2 Å². The molecule has 2 amide bonds. The molecule has 0 bridgehead atoms. The molecule has 1 aromatic heterocycles. The molecule has 0 spiro atoms. The van der Waals surface area contributed by atoms with Gasteiger partial charge in [0.2, 0.25) is 5.91 Å². The Hall–Kier alpha value is -1.88.